The molecular formula is C22H32N4O2. The molecule has 0 spiro atoms. The highest BCUT2D eigenvalue weighted by atomic mass is 16.2. The van der Waals surface area contributed by atoms with E-state index in [2.05, 4.69) is 34.5 Å². The number of nitrogens with zero attached hydrogens (tertiary/aromatic N) is 3. The Morgan fingerprint density at radius 1 is 1.18 bits per heavy atom. The predicted octanol–water partition coefficient (Wildman–Crippen LogP) is 2.28. The summed E-state index contributed by atoms with van der Waals surface area (Å²) in [5.74, 6) is 0.426. The molecule has 0 aliphatic carbocycles. The lowest BCUT2D eigenvalue weighted by Crippen LogP contribution is -2.52. The van der Waals surface area contributed by atoms with Crippen LogP contribution >= 0.6 is 0 Å². The smallest absolute Gasteiger partial charge is 0.317 e. The van der Waals surface area contributed by atoms with Crippen LogP contribution in [0.5, 0.6) is 0 Å². The second-order valence-corrected chi connectivity index (χ2v) is 8.00. The molecule has 0 bridgehead atoms. The van der Waals surface area contributed by atoms with Gasteiger partial charge in [0.15, 0.2) is 0 Å². The number of carbonyl (C=O) groups excluding carboxylic acids is 2. The third kappa shape index (κ3) is 5.58. The van der Waals surface area contributed by atoms with Crippen molar-refractivity contribution in [2.75, 3.05) is 45.8 Å². The van der Waals surface area contributed by atoms with Crippen molar-refractivity contribution >= 4 is 18.0 Å². The number of rotatable bonds is 6. The van der Waals surface area contributed by atoms with Gasteiger partial charge in [-0.15, -0.1) is 0 Å². The fraction of sp³-hybridized carbons (Fsp3) is 0.545. The van der Waals surface area contributed by atoms with E-state index in [1.165, 1.54) is 5.56 Å². The molecule has 3 amide bonds. The summed E-state index contributed by atoms with van der Waals surface area (Å²) in [6.07, 6.45) is 4.87. The summed E-state index contributed by atoms with van der Waals surface area (Å²) < 4.78 is 0. The molecule has 1 atom stereocenters. The van der Waals surface area contributed by atoms with Crippen LogP contribution in [0, 0.1) is 5.92 Å². The molecule has 1 aromatic rings. The highest BCUT2D eigenvalue weighted by Gasteiger charge is 2.31. The molecule has 2 heterocycles. The van der Waals surface area contributed by atoms with Gasteiger partial charge in [0.25, 0.3) is 0 Å². The molecule has 2 saturated heterocycles. The lowest BCUT2D eigenvalue weighted by atomic mass is 10.1. The zero-order valence-corrected chi connectivity index (χ0v) is 17.0. The van der Waals surface area contributed by atoms with Gasteiger partial charge in [0.05, 0.1) is 0 Å². The minimum Gasteiger partial charge on any atom is -0.340 e. The zero-order chi connectivity index (χ0) is 19.9. The van der Waals surface area contributed by atoms with Crippen molar-refractivity contribution in [2.24, 2.45) is 5.92 Å². The molecule has 0 radical (unpaired) electrons. The van der Waals surface area contributed by atoms with E-state index in [4.69, 9.17) is 0 Å². The molecule has 1 aromatic carbocycles. The first-order valence-electron chi connectivity index (χ1n) is 10.3. The zero-order valence-electron chi connectivity index (χ0n) is 17.0. The Morgan fingerprint density at radius 3 is 2.54 bits per heavy atom. The van der Waals surface area contributed by atoms with Gasteiger partial charge in [-0.2, -0.15) is 0 Å². The number of carbonyl (C=O) groups is 2. The molecule has 0 saturated carbocycles. The van der Waals surface area contributed by atoms with E-state index in [1.807, 2.05) is 41.8 Å². The van der Waals surface area contributed by atoms with E-state index < -0.39 is 0 Å². The summed E-state index contributed by atoms with van der Waals surface area (Å²) >= 11 is 0. The van der Waals surface area contributed by atoms with Crippen LogP contribution < -0.4 is 5.32 Å². The molecule has 3 rings (SSSR count). The quantitative estimate of drug-likeness (QED) is 0.819. The molecule has 2 fully saturated rings. The van der Waals surface area contributed by atoms with E-state index in [0.717, 1.165) is 39.3 Å². The monoisotopic (exact) mass is 384 g/mol. The lowest BCUT2D eigenvalue weighted by Gasteiger charge is -2.34. The van der Waals surface area contributed by atoms with Crippen molar-refractivity contribution in [1.82, 2.24) is 20.0 Å². The van der Waals surface area contributed by atoms with Gasteiger partial charge >= 0.3 is 6.03 Å². The number of hydrogen-bond acceptors (Lipinski definition) is 3. The van der Waals surface area contributed by atoms with Gasteiger partial charge < -0.3 is 15.1 Å². The average Bonchev–Trinajstić information content (AvgIpc) is 3.08. The van der Waals surface area contributed by atoms with Crippen LogP contribution in [0.4, 0.5) is 4.79 Å². The van der Waals surface area contributed by atoms with Gasteiger partial charge in [-0.05, 0) is 19.4 Å². The summed E-state index contributed by atoms with van der Waals surface area (Å²) in [5, 5.41) is 3.03. The summed E-state index contributed by atoms with van der Waals surface area (Å²) in [7, 11) is 0. The number of likely N-dealkylation sites (tertiary alicyclic amines) is 1. The van der Waals surface area contributed by atoms with E-state index in [9.17, 15) is 9.59 Å². The van der Waals surface area contributed by atoms with Crippen molar-refractivity contribution in [3.63, 3.8) is 0 Å². The third-order valence-electron chi connectivity index (χ3n) is 5.54. The molecule has 0 aromatic heterocycles. The van der Waals surface area contributed by atoms with Crippen molar-refractivity contribution in [3.05, 3.63) is 42.0 Å². The Balaban J connectivity index is 1.35. The summed E-state index contributed by atoms with van der Waals surface area (Å²) in [6, 6.07) is 10.5. The molecule has 1 unspecified atom stereocenters. The Kier molecular flexibility index (Phi) is 7.09. The molecule has 2 aliphatic rings. The van der Waals surface area contributed by atoms with Gasteiger partial charge in [-0.3, -0.25) is 9.69 Å². The van der Waals surface area contributed by atoms with Crippen LogP contribution in [0.15, 0.2) is 36.4 Å². The normalized spacial score (nSPS) is 21.1. The number of hydrogen-bond donors (Lipinski definition) is 1. The summed E-state index contributed by atoms with van der Waals surface area (Å²) in [4.78, 5) is 30.6. The maximum absolute atomic E-state index is 12.4. The fourth-order valence-corrected chi connectivity index (χ4v) is 3.82. The van der Waals surface area contributed by atoms with E-state index in [0.29, 0.717) is 13.0 Å². The Bertz CT molecular complexity index is 681. The molecule has 6 heteroatoms. The van der Waals surface area contributed by atoms with Crippen LogP contribution in [0.2, 0.25) is 0 Å². The Morgan fingerprint density at radius 2 is 1.89 bits per heavy atom. The van der Waals surface area contributed by atoms with Crippen molar-refractivity contribution < 1.29 is 9.59 Å². The molecular weight excluding hydrogens is 352 g/mol. The summed E-state index contributed by atoms with van der Waals surface area (Å²) in [5.41, 5.74) is 1.21. The first-order chi connectivity index (χ1) is 13.5. The Labute approximate surface area is 168 Å². The molecule has 6 nitrogen and oxygen atoms in total. The highest BCUT2D eigenvalue weighted by Crippen LogP contribution is 2.19. The predicted molar refractivity (Wildman–Crippen MR) is 112 cm³/mol. The molecule has 2 aliphatic heterocycles. The molecule has 1 N–H and O–H groups in total. The minimum absolute atomic E-state index is 0.00470. The van der Waals surface area contributed by atoms with Crippen molar-refractivity contribution in [2.45, 2.75) is 26.3 Å². The average molecular weight is 385 g/mol. The number of urea groups is 1. The van der Waals surface area contributed by atoms with Crippen molar-refractivity contribution in [1.29, 1.82) is 0 Å². The van der Waals surface area contributed by atoms with E-state index in [-0.39, 0.29) is 23.9 Å². The van der Waals surface area contributed by atoms with E-state index >= 15 is 0 Å². The largest absolute Gasteiger partial charge is 0.340 e. The van der Waals surface area contributed by atoms with Gasteiger partial charge in [0.2, 0.25) is 5.91 Å². The van der Waals surface area contributed by atoms with Gasteiger partial charge in [0, 0.05) is 64.2 Å². The van der Waals surface area contributed by atoms with Gasteiger partial charge in [0.1, 0.15) is 0 Å². The van der Waals surface area contributed by atoms with Crippen molar-refractivity contribution in [3.8, 4) is 0 Å². The second-order valence-electron chi connectivity index (χ2n) is 8.00. The van der Waals surface area contributed by atoms with Crippen LogP contribution in [0.3, 0.4) is 0 Å². The van der Waals surface area contributed by atoms with Crippen LogP contribution in [-0.2, 0) is 4.79 Å². The lowest BCUT2D eigenvalue weighted by molar-refractivity contribution is -0.129. The molecule has 152 valence electrons. The number of benzene rings is 1. The van der Waals surface area contributed by atoms with Crippen LogP contribution in [0.1, 0.15) is 25.8 Å². The first-order valence-corrected chi connectivity index (χ1v) is 10.3. The maximum Gasteiger partial charge on any atom is 0.317 e. The topological polar surface area (TPSA) is 55.9 Å². The maximum atomic E-state index is 12.4. The standard InChI is InChI=1S/C22H32N4O2/c1-18(2)26-17-20(15-21(26)27)16-23-22(28)25-13-11-24(12-14-25)10-6-9-19-7-4-3-5-8-19/h3-9,18,20H,10-17H2,1-2H3,(H,23,28). The number of amides is 3. The number of nitrogens with one attached hydrogen (secondary N) is 1. The Hall–Kier alpha value is -2.34. The van der Waals surface area contributed by atoms with E-state index in [1.54, 1.807) is 0 Å². The van der Waals surface area contributed by atoms with Crippen LogP contribution in [-0.4, -0.2) is 78.5 Å². The third-order valence-corrected chi connectivity index (χ3v) is 5.54. The fourth-order valence-electron chi connectivity index (χ4n) is 3.82. The number of piperazine rings is 1. The van der Waals surface area contributed by atoms with Gasteiger partial charge in [-0.25, -0.2) is 4.79 Å². The first kappa shape index (κ1) is 20.4. The highest BCUT2D eigenvalue weighted by molar-refractivity contribution is 5.79. The van der Waals surface area contributed by atoms with Gasteiger partial charge in [-0.1, -0.05) is 42.5 Å². The SMILES string of the molecule is CC(C)N1CC(CNC(=O)N2CCN(CC=Cc3ccccc3)CC2)CC1=O. The second kappa shape index (κ2) is 9.73. The summed E-state index contributed by atoms with van der Waals surface area (Å²) in [6.45, 7) is 9.55. The molecule has 28 heavy (non-hydrogen) atoms. The van der Waals surface area contributed by atoms with Crippen LogP contribution in [0.25, 0.3) is 6.08 Å². The minimum atomic E-state index is -0.00470.